The van der Waals surface area contributed by atoms with Gasteiger partial charge in [0.2, 0.25) is 29.5 Å². The van der Waals surface area contributed by atoms with Crippen molar-refractivity contribution in [2.24, 2.45) is 22.4 Å². The minimum absolute atomic E-state index is 0.0234. The van der Waals surface area contributed by atoms with Crippen LogP contribution in [0, 0.1) is 5.92 Å². The molecule has 2 aliphatic rings. The number of amides is 5. The first-order chi connectivity index (χ1) is 33.4. The van der Waals surface area contributed by atoms with Gasteiger partial charge in [0.15, 0.2) is 5.96 Å². The van der Waals surface area contributed by atoms with E-state index >= 15 is 0 Å². The van der Waals surface area contributed by atoms with Crippen molar-refractivity contribution >= 4 is 47.4 Å². The Bertz CT molecular complexity index is 2390. The number of aliphatic carboxylic acids is 2. The highest BCUT2D eigenvalue weighted by atomic mass is 19.4. The van der Waals surface area contributed by atoms with E-state index in [2.05, 4.69) is 26.3 Å². The third-order valence-electron chi connectivity index (χ3n) is 12.0. The van der Waals surface area contributed by atoms with E-state index in [4.69, 9.17) is 21.4 Å². The number of carboxylic acid groups (broad SMARTS) is 2. The second-order valence-electron chi connectivity index (χ2n) is 17.0. The molecule has 2 aliphatic heterocycles. The van der Waals surface area contributed by atoms with Crippen LogP contribution in [0.2, 0.25) is 0 Å². The Kier molecular flexibility index (Phi) is 19.4. The number of hydrogen-bond acceptors (Lipinski definition) is 8. The molecule has 0 saturated carbocycles. The molecule has 2 heterocycles. The number of carbonyl (C=O) groups excluding carboxylic acids is 5. The molecule has 0 aliphatic carbocycles. The number of nitrogens with zero attached hydrogens (tertiary/aromatic N) is 2. The van der Waals surface area contributed by atoms with Gasteiger partial charge in [0, 0.05) is 25.0 Å². The number of carboxylic acids is 2. The van der Waals surface area contributed by atoms with E-state index in [1.165, 1.54) is 0 Å². The molecule has 5 amide bonds. The molecule has 0 spiro atoms. The van der Waals surface area contributed by atoms with Gasteiger partial charge in [0.05, 0.1) is 12.8 Å². The zero-order valence-electron chi connectivity index (χ0n) is 38.1. The summed E-state index contributed by atoms with van der Waals surface area (Å²) in [6, 6.07) is 33.2. The van der Waals surface area contributed by atoms with Crippen LogP contribution in [0.15, 0.2) is 126 Å². The molecule has 6 atom stereocenters. The normalized spacial score (nSPS) is 18.2. The molecule has 2 fully saturated rings. The number of nitrogens with two attached hydrogens (primary N) is 2. The smallest absolute Gasteiger partial charge is 0.481 e. The largest absolute Gasteiger partial charge is 0.490 e. The van der Waals surface area contributed by atoms with Gasteiger partial charge in [-0.05, 0) is 66.7 Å². The van der Waals surface area contributed by atoms with Crippen LogP contribution in [0.4, 0.5) is 13.2 Å². The number of hydrogen-bond donors (Lipinski definition) is 8. The van der Waals surface area contributed by atoms with Gasteiger partial charge in [0.25, 0.3) is 0 Å². The number of fused-ring (bicyclic) bond motifs is 1. The average Bonchev–Trinajstić information content (AvgIpc) is 3.70. The van der Waals surface area contributed by atoms with Gasteiger partial charge in [-0.2, -0.15) is 13.2 Å². The molecule has 20 heteroatoms. The van der Waals surface area contributed by atoms with Crippen LogP contribution >= 0.6 is 0 Å². The SMILES string of the molecule is NC(N)=NCCC[C@H](NC(=O)[C@@H]1C[C@@H](Cc2ccccc2)C2CC[C@@H](NC(=O)Cc3ccccc3)C(=O)N21)C(=O)N[C@@H](CC(=O)O)C(=O)NCC(c1ccccc1)c1ccccc1.O=C(O)C(F)(F)F. The maximum atomic E-state index is 14.5. The molecule has 4 aromatic rings. The Hall–Kier alpha value is -7.77. The summed E-state index contributed by atoms with van der Waals surface area (Å²) >= 11 is 0. The molecule has 372 valence electrons. The Morgan fingerprint density at radius 1 is 0.743 bits per heavy atom. The first-order valence-corrected chi connectivity index (χ1v) is 22.7. The highest BCUT2D eigenvalue weighted by Gasteiger charge is 2.51. The summed E-state index contributed by atoms with van der Waals surface area (Å²) in [5, 5.41) is 28.1. The lowest BCUT2D eigenvalue weighted by Crippen LogP contribution is -2.61. The number of nitrogens with one attached hydrogen (secondary N) is 4. The Morgan fingerprint density at radius 3 is 1.81 bits per heavy atom. The van der Waals surface area contributed by atoms with Crippen LogP contribution in [-0.2, 0) is 46.4 Å². The van der Waals surface area contributed by atoms with Crippen molar-refractivity contribution in [3.63, 3.8) is 0 Å². The summed E-state index contributed by atoms with van der Waals surface area (Å²) in [6.45, 7) is 0.239. The number of guanidine groups is 1. The van der Waals surface area contributed by atoms with E-state index in [1.54, 1.807) is 4.90 Å². The van der Waals surface area contributed by atoms with Crippen molar-refractivity contribution in [2.45, 2.75) is 93.7 Å². The fourth-order valence-electron chi connectivity index (χ4n) is 8.70. The van der Waals surface area contributed by atoms with Crippen molar-refractivity contribution in [3.05, 3.63) is 144 Å². The minimum atomic E-state index is -5.08. The topological polar surface area (TPSA) is 276 Å². The second kappa shape index (κ2) is 25.6. The molecule has 6 rings (SSSR count). The minimum Gasteiger partial charge on any atom is -0.481 e. The zero-order valence-corrected chi connectivity index (χ0v) is 38.1. The molecule has 17 nitrogen and oxygen atoms in total. The molecule has 0 radical (unpaired) electrons. The molecule has 1 unspecified atom stereocenters. The molecule has 0 aromatic heterocycles. The lowest BCUT2D eigenvalue weighted by molar-refractivity contribution is -0.192. The van der Waals surface area contributed by atoms with E-state index in [9.17, 15) is 47.0 Å². The maximum absolute atomic E-state index is 14.5. The lowest BCUT2D eigenvalue weighted by Gasteiger charge is -2.39. The van der Waals surface area contributed by atoms with E-state index in [1.807, 2.05) is 121 Å². The second-order valence-corrected chi connectivity index (χ2v) is 17.0. The van der Waals surface area contributed by atoms with Crippen LogP contribution in [-0.4, -0.2) is 112 Å². The van der Waals surface area contributed by atoms with Crippen molar-refractivity contribution in [3.8, 4) is 0 Å². The molecular weight excluding hydrogens is 914 g/mol. The summed E-state index contributed by atoms with van der Waals surface area (Å²) in [4.78, 5) is 96.4. The fraction of sp³-hybridized carbons (Fsp3) is 0.360. The van der Waals surface area contributed by atoms with Crippen LogP contribution in [0.1, 0.15) is 66.7 Å². The van der Waals surface area contributed by atoms with Gasteiger partial charge in [0.1, 0.15) is 24.2 Å². The monoisotopic (exact) mass is 970 g/mol. The Labute approximate surface area is 402 Å². The summed E-state index contributed by atoms with van der Waals surface area (Å²) in [5.74, 6) is -7.37. The highest BCUT2D eigenvalue weighted by Crippen LogP contribution is 2.39. The number of alkyl halides is 3. The highest BCUT2D eigenvalue weighted by molar-refractivity contribution is 5.97. The fourth-order valence-corrected chi connectivity index (χ4v) is 8.70. The maximum Gasteiger partial charge on any atom is 0.490 e. The summed E-state index contributed by atoms with van der Waals surface area (Å²) in [6.07, 6.45) is -3.59. The summed E-state index contributed by atoms with van der Waals surface area (Å²) < 4.78 is 31.7. The predicted octanol–water partition coefficient (Wildman–Crippen LogP) is 3.42. The van der Waals surface area contributed by atoms with Crippen molar-refractivity contribution in [1.29, 1.82) is 0 Å². The van der Waals surface area contributed by atoms with Crippen LogP contribution < -0.4 is 32.7 Å². The quantitative estimate of drug-likeness (QED) is 0.0361. The molecular formula is C50H57F3N8O9. The molecule has 2 saturated heterocycles. The summed E-state index contributed by atoms with van der Waals surface area (Å²) in [5.41, 5.74) is 14.8. The van der Waals surface area contributed by atoms with Gasteiger partial charge in [-0.25, -0.2) is 4.79 Å². The van der Waals surface area contributed by atoms with Gasteiger partial charge in [-0.15, -0.1) is 0 Å². The number of aliphatic imine (C=N–C) groups is 1. The van der Waals surface area contributed by atoms with Gasteiger partial charge < -0.3 is 47.8 Å². The molecule has 0 bridgehead atoms. The molecule has 4 aromatic carbocycles. The number of halogens is 3. The Morgan fingerprint density at radius 2 is 1.29 bits per heavy atom. The van der Waals surface area contributed by atoms with E-state index < -0.39 is 66.4 Å². The van der Waals surface area contributed by atoms with E-state index in [-0.39, 0.29) is 68.0 Å². The van der Waals surface area contributed by atoms with Crippen LogP contribution in [0.5, 0.6) is 0 Å². The van der Waals surface area contributed by atoms with Gasteiger partial charge >= 0.3 is 18.1 Å². The van der Waals surface area contributed by atoms with Crippen molar-refractivity contribution in [2.75, 3.05) is 13.1 Å². The third kappa shape index (κ3) is 15.9. The van der Waals surface area contributed by atoms with Crippen LogP contribution in [0.25, 0.3) is 0 Å². The average molecular weight is 971 g/mol. The number of carbonyl (C=O) groups is 7. The zero-order chi connectivity index (χ0) is 50.8. The van der Waals surface area contributed by atoms with E-state index in [0.29, 0.717) is 25.7 Å². The van der Waals surface area contributed by atoms with Crippen LogP contribution in [0.3, 0.4) is 0 Å². The van der Waals surface area contributed by atoms with Crippen molar-refractivity contribution in [1.82, 2.24) is 26.2 Å². The number of piperidine rings is 1. The standard InChI is InChI=1S/C48H56N8O7.C2HF3O2/c49-48(50)51-25-13-22-37(45(61)55-39(29-43(58)59)44(60)52-30-36(33-18-9-3-10-19-33)34-20-11-4-12-21-34)54-46(62)41-28-35(26-31-14-5-1-6-15-31)40-24-23-38(47(63)56(40)41)53-42(57)27-32-16-7-2-8-17-32;3-2(4,5)1(6)7/h1-12,14-21,35-41H,13,22-30H2,(H,52,60)(H,53,57)(H,54,62)(H,55,61)(H,58,59)(H4,49,50,51);(H,6,7)/t35-,37+,38-,39+,40?,41+;/m1./s1. The molecule has 70 heavy (non-hydrogen) atoms. The summed E-state index contributed by atoms with van der Waals surface area (Å²) in [7, 11) is 0. The number of rotatable bonds is 20. The Balaban J connectivity index is 0.00000121. The lowest BCUT2D eigenvalue weighted by atomic mass is 9.86. The van der Waals surface area contributed by atoms with Gasteiger partial charge in [-0.3, -0.25) is 33.8 Å². The number of benzene rings is 4. The predicted molar refractivity (Wildman–Crippen MR) is 251 cm³/mol. The van der Waals surface area contributed by atoms with E-state index in [0.717, 1.165) is 22.3 Å². The molecule has 10 N–H and O–H groups in total. The first kappa shape index (κ1) is 53.2. The first-order valence-electron chi connectivity index (χ1n) is 22.7. The van der Waals surface area contributed by atoms with Crippen molar-refractivity contribution < 1.29 is 56.9 Å². The third-order valence-corrected chi connectivity index (χ3v) is 12.0. The van der Waals surface area contributed by atoms with Gasteiger partial charge in [-0.1, -0.05) is 121 Å².